The van der Waals surface area contributed by atoms with Gasteiger partial charge in [0.05, 0.1) is 6.10 Å². The van der Waals surface area contributed by atoms with Gasteiger partial charge in [0.1, 0.15) is 11.9 Å². The Morgan fingerprint density at radius 3 is 2.56 bits per heavy atom. The first-order chi connectivity index (χ1) is 8.69. The highest BCUT2D eigenvalue weighted by Gasteiger charge is 2.11. The fourth-order valence-electron chi connectivity index (χ4n) is 2.03. The highest BCUT2D eigenvalue weighted by Crippen LogP contribution is 2.22. The van der Waals surface area contributed by atoms with Gasteiger partial charge >= 0.3 is 0 Å². The predicted molar refractivity (Wildman–Crippen MR) is 74.6 cm³/mol. The molecule has 0 spiro atoms. The molecule has 2 heteroatoms. The standard InChI is InChI=1S/C16H19O2/c1-3-15(10-12(2)17)18-16-9-8-13-6-4-5-7-14(13)11-16/h4-9,11-12,15,17H,2-3,10H2,1H3. The summed E-state index contributed by atoms with van der Waals surface area (Å²) in [7, 11) is 0. The Hall–Kier alpha value is -1.54. The quantitative estimate of drug-likeness (QED) is 0.869. The van der Waals surface area contributed by atoms with Crippen LogP contribution in [0, 0.1) is 6.92 Å². The van der Waals surface area contributed by atoms with Gasteiger partial charge < -0.3 is 9.84 Å². The van der Waals surface area contributed by atoms with E-state index >= 15 is 0 Å². The third-order valence-corrected chi connectivity index (χ3v) is 3.01. The number of hydrogen-bond donors (Lipinski definition) is 1. The van der Waals surface area contributed by atoms with Crippen molar-refractivity contribution in [3.63, 3.8) is 0 Å². The average Bonchev–Trinajstić information content (AvgIpc) is 2.37. The number of hydrogen-bond acceptors (Lipinski definition) is 2. The molecule has 0 heterocycles. The molecule has 0 aliphatic carbocycles. The molecule has 0 saturated heterocycles. The van der Waals surface area contributed by atoms with E-state index in [0.29, 0.717) is 6.42 Å². The van der Waals surface area contributed by atoms with Crippen LogP contribution in [0.2, 0.25) is 0 Å². The molecule has 95 valence electrons. The number of fused-ring (bicyclic) bond motifs is 1. The second kappa shape index (κ2) is 5.87. The molecule has 1 N–H and O–H groups in total. The van der Waals surface area contributed by atoms with Crippen molar-refractivity contribution in [2.75, 3.05) is 0 Å². The first-order valence-corrected chi connectivity index (χ1v) is 6.35. The zero-order valence-corrected chi connectivity index (χ0v) is 10.7. The molecule has 0 bridgehead atoms. The van der Waals surface area contributed by atoms with Gasteiger partial charge in [-0.25, -0.2) is 0 Å². The Labute approximate surface area is 108 Å². The fourth-order valence-corrected chi connectivity index (χ4v) is 2.03. The van der Waals surface area contributed by atoms with Crippen molar-refractivity contribution < 1.29 is 9.84 Å². The first-order valence-electron chi connectivity index (χ1n) is 6.35. The average molecular weight is 243 g/mol. The van der Waals surface area contributed by atoms with Crippen molar-refractivity contribution >= 4 is 10.8 Å². The Bertz CT molecular complexity index is 505. The van der Waals surface area contributed by atoms with Crippen molar-refractivity contribution in [1.82, 2.24) is 0 Å². The third-order valence-electron chi connectivity index (χ3n) is 3.01. The van der Waals surface area contributed by atoms with E-state index in [1.165, 1.54) is 10.8 Å². The lowest BCUT2D eigenvalue weighted by molar-refractivity contribution is 0.117. The molecule has 2 nitrogen and oxygen atoms in total. The van der Waals surface area contributed by atoms with Crippen molar-refractivity contribution in [2.45, 2.75) is 32.0 Å². The second-order valence-electron chi connectivity index (χ2n) is 4.55. The van der Waals surface area contributed by atoms with E-state index in [-0.39, 0.29) is 6.10 Å². The molecule has 2 unspecified atom stereocenters. The summed E-state index contributed by atoms with van der Waals surface area (Å²) in [6.45, 7) is 5.64. The highest BCUT2D eigenvalue weighted by atomic mass is 16.5. The Kier molecular flexibility index (Phi) is 4.21. The third kappa shape index (κ3) is 3.23. The Morgan fingerprint density at radius 2 is 1.89 bits per heavy atom. The van der Waals surface area contributed by atoms with Crippen molar-refractivity contribution in [1.29, 1.82) is 0 Å². The van der Waals surface area contributed by atoms with E-state index in [1.807, 2.05) is 31.2 Å². The summed E-state index contributed by atoms with van der Waals surface area (Å²) in [6.07, 6.45) is 0.858. The monoisotopic (exact) mass is 243 g/mol. The molecule has 1 radical (unpaired) electrons. The Morgan fingerprint density at radius 1 is 1.17 bits per heavy atom. The van der Waals surface area contributed by atoms with Crippen LogP contribution in [-0.4, -0.2) is 17.3 Å². The molecular formula is C16H19O2. The number of rotatable bonds is 5. The molecule has 0 aromatic heterocycles. The molecule has 0 saturated carbocycles. The molecule has 0 aliphatic heterocycles. The summed E-state index contributed by atoms with van der Waals surface area (Å²) in [5, 5.41) is 11.7. The lowest BCUT2D eigenvalue weighted by Gasteiger charge is -2.19. The van der Waals surface area contributed by atoms with E-state index in [1.54, 1.807) is 0 Å². The number of aliphatic hydroxyl groups is 1. The molecule has 0 fully saturated rings. The van der Waals surface area contributed by atoms with Gasteiger partial charge in [-0.3, -0.25) is 0 Å². The smallest absolute Gasteiger partial charge is 0.120 e. The lowest BCUT2D eigenvalue weighted by atomic mass is 10.1. The summed E-state index contributed by atoms with van der Waals surface area (Å²) in [5.41, 5.74) is 0. The van der Waals surface area contributed by atoms with Crippen molar-refractivity contribution in [2.24, 2.45) is 0 Å². The SMILES string of the molecule is [CH2]C(O)CC(CC)Oc1ccc2ccccc2c1. The van der Waals surface area contributed by atoms with E-state index in [0.717, 1.165) is 12.2 Å². The normalized spacial score (nSPS) is 14.4. The van der Waals surface area contributed by atoms with Gasteiger partial charge in [0.15, 0.2) is 0 Å². The number of ether oxygens (including phenoxy) is 1. The van der Waals surface area contributed by atoms with Crippen LogP contribution in [0.4, 0.5) is 0 Å². The van der Waals surface area contributed by atoms with Crippen LogP contribution in [-0.2, 0) is 0 Å². The molecule has 18 heavy (non-hydrogen) atoms. The van der Waals surface area contributed by atoms with E-state index < -0.39 is 6.10 Å². The molecule has 2 rings (SSSR count). The highest BCUT2D eigenvalue weighted by molar-refractivity contribution is 5.83. The van der Waals surface area contributed by atoms with Gasteiger partial charge in [-0.05, 0) is 36.2 Å². The van der Waals surface area contributed by atoms with Gasteiger partial charge in [-0.2, -0.15) is 0 Å². The molecule has 2 aromatic rings. The van der Waals surface area contributed by atoms with Crippen molar-refractivity contribution in [3.8, 4) is 5.75 Å². The maximum Gasteiger partial charge on any atom is 0.120 e. The van der Waals surface area contributed by atoms with Gasteiger partial charge in [0.25, 0.3) is 0 Å². The molecule has 2 atom stereocenters. The topological polar surface area (TPSA) is 29.5 Å². The van der Waals surface area contributed by atoms with Gasteiger partial charge in [-0.1, -0.05) is 37.3 Å². The van der Waals surface area contributed by atoms with Crippen molar-refractivity contribution in [3.05, 3.63) is 49.4 Å². The van der Waals surface area contributed by atoms with Gasteiger partial charge in [-0.15, -0.1) is 0 Å². The summed E-state index contributed by atoms with van der Waals surface area (Å²) < 4.78 is 5.88. The first kappa shape index (κ1) is 12.9. The van der Waals surface area contributed by atoms with Crippen LogP contribution in [0.15, 0.2) is 42.5 Å². The minimum atomic E-state index is -0.574. The second-order valence-corrected chi connectivity index (χ2v) is 4.55. The fraction of sp³-hybridized carbons (Fsp3) is 0.312. The van der Waals surface area contributed by atoms with E-state index in [9.17, 15) is 5.11 Å². The van der Waals surface area contributed by atoms with E-state index in [4.69, 9.17) is 4.74 Å². The summed E-state index contributed by atoms with van der Waals surface area (Å²) in [6, 6.07) is 14.3. The lowest BCUT2D eigenvalue weighted by Crippen LogP contribution is -2.21. The van der Waals surface area contributed by atoms with Crippen LogP contribution >= 0.6 is 0 Å². The van der Waals surface area contributed by atoms with E-state index in [2.05, 4.69) is 25.1 Å². The van der Waals surface area contributed by atoms with Crippen LogP contribution in [0.3, 0.4) is 0 Å². The minimum Gasteiger partial charge on any atom is -0.490 e. The molecular weight excluding hydrogens is 224 g/mol. The minimum absolute atomic E-state index is 0.0127. The van der Waals surface area contributed by atoms with Crippen LogP contribution in [0.5, 0.6) is 5.75 Å². The van der Waals surface area contributed by atoms with Gasteiger partial charge in [0, 0.05) is 6.42 Å². The van der Waals surface area contributed by atoms with Crippen LogP contribution in [0.1, 0.15) is 19.8 Å². The summed E-state index contributed by atoms with van der Waals surface area (Å²) in [4.78, 5) is 0. The largest absolute Gasteiger partial charge is 0.490 e. The molecule has 0 amide bonds. The zero-order chi connectivity index (χ0) is 13.0. The number of aliphatic hydroxyl groups excluding tert-OH is 1. The molecule has 2 aromatic carbocycles. The Balaban J connectivity index is 2.15. The molecule has 0 aliphatic rings. The van der Waals surface area contributed by atoms with Crippen LogP contribution < -0.4 is 4.74 Å². The zero-order valence-electron chi connectivity index (χ0n) is 10.7. The van der Waals surface area contributed by atoms with Crippen LogP contribution in [0.25, 0.3) is 10.8 Å². The van der Waals surface area contributed by atoms with Gasteiger partial charge in [0.2, 0.25) is 0 Å². The maximum absolute atomic E-state index is 9.31. The predicted octanol–water partition coefficient (Wildman–Crippen LogP) is 3.58. The summed E-state index contributed by atoms with van der Waals surface area (Å²) in [5.74, 6) is 0.848. The number of benzene rings is 2. The summed E-state index contributed by atoms with van der Waals surface area (Å²) >= 11 is 0. The maximum atomic E-state index is 9.31.